The van der Waals surface area contributed by atoms with Crippen molar-refractivity contribution in [1.29, 1.82) is 0 Å². The molecule has 0 atom stereocenters. The number of benzene rings is 5. The molecule has 0 aliphatic heterocycles. The lowest BCUT2D eigenvalue weighted by atomic mass is 9.82. The Bertz CT molecular complexity index is 1730. The minimum Gasteiger partial charge on any atom is -0.208 e. The van der Waals surface area contributed by atoms with Crippen LogP contribution in [-0.2, 0) is 5.41 Å². The molecule has 0 unspecified atom stereocenters. The van der Waals surface area contributed by atoms with Gasteiger partial charge in [0.2, 0.25) is 0 Å². The number of fused-ring (bicyclic) bond motifs is 5. The maximum Gasteiger partial charge on any atom is 0.164 e. The monoisotopic (exact) mass is 475 g/mol. The summed E-state index contributed by atoms with van der Waals surface area (Å²) in [6, 6.07) is 40.0. The molecule has 0 amide bonds. The number of nitrogens with zero attached hydrogens (tertiary/aromatic N) is 3. The van der Waals surface area contributed by atoms with Crippen LogP contribution in [0, 0.1) is 0 Å². The van der Waals surface area contributed by atoms with Crippen LogP contribution >= 0.6 is 0 Å². The molecule has 7 rings (SSSR count). The quantitative estimate of drug-likeness (QED) is 0.258. The Morgan fingerprint density at radius 1 is 0.459 bits per heavy atom. The first-order valence-corrected chi connectivity index (χ1v) is 12.6. The second kappa shape index (κ2) is 8.21. The molecule has 176 valence electrons. The van der Waals surface area contributed by atoms with Crippen molar-refractivity contribution in [3.63, 3.8) is 0 Å². The topological polar surface area (TPSA) is 38.7 Å². The lowest BCUT2D eigenvalue weighted by molar-refractivity contribution is 0.661. The van der Waals surface area contributed by atoms with Gasteiger partial charge in [-0.05, 0) is 27.6 Å². The van der Waals surface area contributed by atoms with Crippen molar-refractivity contribution in [2.75, 3.05) is 0 Å². The first-order valence-electron chi connectivity index (χ1n) is 12.6. The highest BCUT2D eigenvalue weighted by atomic mass is 15.0. The first kappa shape index (κ1) is 21.6. The average Bonchev–Trinajstić information content (AvgIpc) is 3.20. The maximum atomic E-state index is 5.05. The van der Waals surface area contributed by atoms with Crippen LogP contribution in [-0.4, -0.2) is 15.0 Å². The molecule has 3 nitrogen and oxygen atoms in total. The van der Waals surface area contributed by atoms with Gasteiger partial charge >= 0.3 is 0 Å². The molecule has 1 aliphatic rings. The molecule has 1 aromatic heterocycles. The zero-order chi connectivity index (χ0) is 25.0. The van der Waals surface area contributed by atoms with Crippen molar-refractivity contribution < 1.29 is 0 Å². The van der Waals surface area contributed by atoms with Gasteiger partial charge in [-0.3, -0.25) is 0 Å². The summed E-state index contributed by atoms with van der Waals surface area (Å²) in [5.74, 6) is 2.04. The van der Waals surface area contributed by atoms with Crippen LogP contribution in [0.4, 0.5) is 0 Å². The summed E-state index contributed by atoms with van der Waals surface area (Å²) < 4.78 is 0. The Kier molecular flexibility index (Phi) is 4.80. The standard InChI is InChI=1S/C34H25N3/c1-34(2)27-19-10-9-17-25(27)30-28(34)21-20-22-16-11-18-26(29(22)30)33-36-31(23-12-5-3-6-13-23)35-32(37-33)24-14-7-4-8-15-24/h3-21H,1-2H3. The van der Waals surface area contributed by atoms with E-state index < -0.39 is 0 Å². The van der Waals surface area contributed by atoms with E-state index in [1.807, 2.05) is 60.7 Å². The highest BCUT2D eigenvalue weighted by Crippen LogP contribution is 2.52. The molecule has 0 saturated heterocycles. The molecule has 1 aliphatic carbocycles. The molecule has 0 spiro atoms. The van der Waals surface area contributed by atoms with Gasteiger partial charge in [0.1, 0.15) is 0 Å². The van der Waals surface area contributed by atoms with E-state index in [1.54, 1.807) is 0 Å². The number of hydrogen-bond acceptors (Lipinski definition) is 3. The van der Waals surface area contributed by atoms with Crippen LogP contribution < -0.4 is 0 Å². The van der Waals surface area contributed by atoms with Crippen LogP contribution in [0.5, 0.6) is 0 Å². The van der Waals surface area contributed by atoms with E-state index >= 15 is 0 Å². The molecular weight excluding hydrogens is 450 g/mol. The molecule has 6 aromatic rings. The number of aromatic nitrogens is 3. The van der Waals surface area contributed by atoms with Gasteiger partial charge in [-0.25, -0.2) is 15.0 Å². The molecular formula is C34H25N3. The Labute approximate surface area is 216 Å². The summed E-state index contributed by atoms with van der Waals surface area (Å²) in [5.41, 5.74) is 8.18. The second-order valence-corrected chi connectivity index (χ2v) is 10.1. The van der Waals surface area contributed by atoms with Crippen LogP contribution in [0.25, 0.3) is 56.1 Å². The fraction of sp³-hybridized carbons (Fsp3) is 0.0882. The Morgan fingerprint density at radius 2 is 1.03 bits per heavy atom. The van der Waals surface area contributed by atoms with Crippen molar-refractivity contribution in [1.82, 2.24) is 15.0 Å². The zero-order valence-electron chi connectivity index (χ0n) is 20.8. The highest BCUT2D eigenvalue weighted by molar-refractivity contribution is 6.09. The van der Waals surface area contributed by atoms with Gasteiger partial charge in [-0.15, -0.1) is 0 Å². The van der Waals surface area contributed by atoms with E-state index in [9.17, 15) is 0 Å². The molecule has 1 heterocycles. The van der Waals surface area contributed by atoms with Crippen molar-refractivity contribution in [3.8, 4) is 45.3 Å². The van der Waals surface area contributed by atoms with Gasteiger partial charge in [-0.2, -0.15) is 0 Å². The summed E-state index contributed by atoms with van der Waals surface area (Å²) in [7, 11) is 0. The highest BCUT2D eigenvalue weighted by Gasteiger charge is 2.36. The largest absolute Gasteiger partial charge is 0.208 e. The van der Waals surface area contributed by atoms with Crippen LogP contribution in [0.2, 0.25) is 0 Å². The second-order valence-electron chi connectivity index (χ2n) is 10.1. The third kappa shape index (κ3) is 3.39. The van der Waals surface area contributed by atoms with Gasteiger partial charge in [0.15, 0.2) is 17.5 Å². The van der Waals surface area contributed by atoms with Gasteiger partial charge in [-0.1, -0.05) is 129 Å². The van der Waals surface area contributed by atoms with E-state index in [1.165, 1.54) is 33.0 Å². The smallest absolute Gasteiger partial charge is 0.164 e. The predicted octanol–water partition coefficient (Wildman–Crippen LogP) is 8.33. The molecule has 3 heteroatoms. The molecule has 0 N–H and O–H groups in total. The van der Waals surface area contributed by atoms with Gasteiger partial charge < -0.3 is 0 Å². The van der Waals surface area contributed by atoms with Crippen molar-refractivity contribution in [2.24, 2.45) is 0 Å². The van der Waals surface area contributed by atoms with Gasteiger partial charge in [0, 0.05) is 27.5 Å². The molecule has 0 bridgehead atoms. The third-order valence-corrected chi connectivity index (χ3v) is 7.53. The van der Waals surface area contributed by atoms with E-state index in [-0.39, 0.29) is 5.41 Å². The minimum absolute atomic E-state index is 0.0727. The molecule has 5 aromatic carbocycles. The van der Waals surface area contributed by atoms with Crippen molar-refractivity contribution in [2.45, 2.75) is 19.3 Å². The summed E-state index contributed by atoms with van der Waals surface area (Å²) in [6.07, 6.45) is 0. The predicted molar refractivity (Wildman–Crippen MR) is 151 cm³/mol. The maximum absolute atomic E-state index is 5.05. The summed E-state index contributed by atoms with van der Waals surface area (Å²) in [4.78, 5) is 15.0. The minimum atomic E-state index is -0.0727. The molecule has 37 heavy (non-hydrogen) atoms. The van der Waals surface area contributed by atoms with E-state index in [0.717, 1.165) is 16.7 Å². The normalized spacial score (nSPS) is 13.4. The van der Waals surface area contributed by atoms with E-state index in [0.29, 0.717) is 17.5 Å². The van der Waals surface area contributed by atoms with Crippen LogP contribution in [0.3, 0.4) is 0 Å². The van der Waals surface area contributed by atoms with Crippen molar-refractivity contribution in [3.05, 3.63) is 126 Å². The number of hydrogen-bond donors (Lipinski definition) is 0. The average molecular weight is 476 g/mol. The van der Waals surface area contributed by atoms with E-state index in [4.69, 9.17) is 15.0 Å². The fourth-order valence-corrected chi connectivity index (χ4v) is 5.69. The fourth-order valence-electron chi connectivity index (χ4n) is 5.69. The van der Waals surface area contributed by atoms with Crippen molar-refractivity contribution >= 4 is 10.8 Å². The Morgan fingerprint density at radius 3 is 1.70 bits per heavy atom. The first-order chi connectivity index (χ1) is 18.1. The Hall–Kier alpha value is -4.63. The SMILES string of the molecule is CC1(C)c2ccccc2-c2c1ccc1cccc(-c3nc(-c4ccccc4)nc(-c4ccccc4)n3)c21. The third-order valence-electron chi connectivity index (χ3n) is 7.53. The lowest BCUT2D eigenvalue weighted by Gasteiger charge is -2.21. The number of rotatable bonds is 3. The van der Waals surface area contributed by atoms with Gasteiger partial charge in [0.25, 0.3) is 0 Å². The summed E-state index contributed by atoms with van der Waals surface area (Å²) in [5, 5.41) is 2.38. The lowest BCUT2D eigenvalue weighted by Crippen LogP contribution is -2.14. The zero-order valence-corrected chi connectivity index (χ0v) is 20.8. The molecule has 0 fully saturated rings. The van der Waals surface area contributed by atoms with Crippen LogP contribution in [0.1, 0.15) is 25.0 Å². The van der Waals surface area contributed by atoms with Gasteiger partial charge in [0.05, 0.1) is 0 Å². The van der Waals surface area contributed by atoms with E-state index in [2.05, 4.69) is 68.4 Å². The molecule has 0 radical (unpaired) electrons. The summed E-state index contributed by atoms with van der Waals surface area (Å²) >= 11 is 0. The summed E-state index contributed by atoms with van der Waals surface area (Å²) in [6.45, 7) is 4.63. The molecule has 0 saturated carbocycles. The van der Waals surface area contributed by atoms with Crippen LogP contribution in [0.15, 0.2) is 115 Å². The Balaban J connectivity index is 1.55.